The molecule has 1 N–H and O–H groups in total. The van der Waals surface area contributed by atoms with E-state index in [0.717, 1.165) is 23.9 Å². The number of anilines is 1. The molecular weight excluding hydrogens is 464 g/mol. The quantitative estimate of drug-likeness (QED) is 0.235. The van der Waals surface area contributed by atoms with Crippen LogP contribution in [0, 0.1) is 0 Å². The molecule has 1 amide bonds. The minimum Gasteiger partial charge on any atom is -0.326 e. The summed E-state index contributed by atoms with van der Waals surface area (Å²) in [4.78, 5) is 25.5. The van der Waals surface area contributed by atoms with Crippen molar-refractivity contribution in [3.8, 4) is 0 Å². The molecule has 0 radical (unpaired) electrons. The van der Waals surface area contributed by atoms with Crippen LogP contribution in [0.15, 0.2) is 77.3 Å². The van der Waals surface area contributed by atoms with E-state index in [1.807, 2.05) is 31.2 Å². The lowest BCUT2D eigenvalue weighted by atomic mass is 10.1. The molecule has 0 aliphatic heterocycles. The number of Topliss-reactive ketones (excluding diaryl/α,β-unsaturated/α-hetero) is 1. The number of thiophene rings is 1. The Bertz CT molecular complexity index is 1240. The van der Waals surface area contributed by atoms with Gasteiger partial charge >= 0.3 is 0 Å². The van der Waals surface area contributed by atoms with Crippen LogP contribution in [0.4, 0.5) is 5.69 Å². The average Bonchev–Trinajstić information content (AvgIpc) is 3.48. The van der Waals surface area contributed by atoms with E-state index in [1.165, 1.54) is 29.1 Å². The third kappa shape index (κ3) is 6.21. The van der Waals surface area contributed by atoms with Crippen molar-refractivity contribution in [3.63, 3.8) is 0 Å². The Morgan fingerprint density at radius 3 is 2.47 bits per heavy atom. The molecule has 8 heteroatoms. The molecule has 0 saturated heterocycles. The number of thioether (sulfide) groups is 1. The number of hydrogen-bond acceptors (Lipinski definition) is 6. The van der Waals surface area contributed by atoms with Crippen LogP contribution in [-0.4, -0.2) is 31.7 Å². The summed E-state index contributed by atoms with van der Waals surface area (Å²) in [7, 11) is 0. The molecule has 0 aliphatic carbocycles. The number of nitrogens with zero attached hydrogens (tertiary/aromatic N) is 3. The number of carbonyl (C=O) groups excluding carboxylic acids is 2. The van der Waals surface area contributed by atoms with E-state index in [9.17, 15) is 9.59 Å². The normalized spacial score (nSPS) is 11.8. The van der Waals surface area contributed by atoms with E-state index < -0.39 is 0 Å². The van der Waals surface area contributed by atoms with Gasteiger partial charge in [-0.1, -0.05) is 48.2 Å². The van der Waals surface area contributed by atoms with E-state index in [0.29, 0.717) is 17.7 Å². The van der Waals surface area contributed by atoms with E-state index in [4.69, 9.17) is 0 Å². The highest BCUT2D eigenvalue weighted by Crippen LogP contribution is 2.27. The molecule has 1 unspecified atom stereocenters. The first kappa shape index (κ1) is 23.9. The van der Waals surface area contributed by atoms with Crippen molar-refractivity contribution in [2.45, 2.75) is 43.6 Å². The lowest BCUT2D eigenvalue weighted by Gasteiger charge is -2.13. The SMILES string of the molecule is CC(=O)Nc1ccc(C(=O)C(C)Sc2nnc(Cc3cccs3)n2CCc2ccccc2)cc1. The van der Waals surface area contributed by atoms with Crippen LogP contribution in [0.5, 0.6) is 0 Å². The van der Waals surface area contributed by atoms with E-state index in [2.05, 4.69) is 43.7 Å². The maximum atomic E-state index is 13.1. The van der Waals surface area contributed by atoms with Crippen molar-refractivity contribution in [1.82, 2.24) is 14.8 Å². The number of nitrogens with one attached hydrogen (secondary N) is 1. The molecule has 0 aliphatic rings. The van der Waals surface area contributed by atoms with Gasteiger partial charge in [-0.05, 0) is 54.6 Å². The zero-order valence-corrected chi connectivity index (χ0v) is 20.7. The fourth-order valence-electron chi connectivity index (χ4n) is 3.58. The first-order valence-electron chi connectivity index (χ1n) is 11.1. The van der Waals surface area contributed by atoms with Gasteiger partial charge in [0, 0.05) is 36.0 Å². The summed E-state index contributed by atoms with van der Waals surface area (Å²) < 4.78 is 2.14. The molecule has 0 bridgehead atoms. The monoisotopic (exact) mass is 490 g/mol. The number of hydrogen-bond donors (Lipinski definition) is 1. The summed E-state index contributed by atoms with van der Waals surface area (Å²) in [5.41, 5.74) is 2.52. The molecule has 0 fully saturated rings. The van der Waals surface area contributed by atoms with Crippen LogP contribution in [0.2, 0.25) is 0 Å². The number of aryl methyl sites for hydroxylation is 1. The van der Waals surface area contributed by atoms with E-state index in [-0.39, 0.29) is 16.9 Å². The van der Waals surface area contributed by atoms with Crippen molar-refractivity contribution in [3.05, 3.63) is 93.9 Å². The van der Waals surface area contributed by atoms with Gasteiger partial charge in [0.1, 0.15) is 5.82 Å². The molecule has 174 valence electrons. The number of ketones is 1. The van der Waals surface area contributed by atoms with Crippen LogP contribution in [0.3, 0.4) is 0 Å². The lowest BCUT2D eigenvalue weighted by molar-refractivity contribution is -0.114. The van der Waals surface area contributed by atoms with Crippen molar-refractivity contribution < 1.29 is 9.59 Å². The Balaban J connectivity index is 1.50. The first-order valence-corrected chi connectivity index (χ1v) is 12.8. The van der Waals surface area contributed by atoms with Crippen molar-refractivity contribution in [2.24, 2.45) is 0 Å². The Hall–Kier alpha value is -3.23. The smallest absolute Gasteiger partial charge is 0.221 e. The zero-order valence-electron chi connectivity index (χ0n) is 19.1. The summed E-state index contributed by atoms with van der Waals surface area (Å²) in [6, 6.07) is 21.5. The van der Waals surface area contributed by atoms with Crippen molar-refractivity contribution in [2.75, 3.05) is 5.32 Å². The average molecular weight is 491 g/mol. The third-order valence-electron chi connectivity index (χ3n) is 5.31. The number of rotatable bonds is 10. The fourth-order valence-corrected chi connectivity index (χ4v) is 5.26. The maximum absolute atomic E-state index is 13.1. The molecule has 0 saturated carbocycles. The fraction of sp³-hybridized carbons (Fsp3) is 0.231. The molecule has 4 rings (SSSR count). The molecule has 6 nitrogen and oxygen atoms in total. The second kappa shape index (κ2) is 11.3. The Morgan fingerprint density at radius 2 is 1.79 bits per heavy atom. The summed E-state index contributed by atoms with van der Waals surface area (Å²) in [6.45, 7) is 4.09. The van der Waals surface area contributed by atoms with Crippen LogP contribution < -0.4 is 5.32 Å². The summed E-state index contributed by atoms with van der Waals surface area (Å²) >= 11 is 3.13. The molecule has 0 spiro atoms. The first-order chi connectivity index (χ1) is 16.5. The predicted octanol–water partition coefficient (Wildman–Crippen LogP) is 5.50. The number of benzene rings is 2. The van der Waals surface area contributed by atoms with Crippen molar-refractivity contribution >= 4 is 40.5 Å². The minimum atomic E-state index is -0.333. The molecule has 2 heterocycles. The predicted molar refractivity (Wildman–Crippen MR) is 138 cm³/mol. The summed E-state index contributed by atoms with van der Waals surface area (Å²) in [5, 5.41) is 14.1. The summed E-state index contributed by atoms with van der Waals surface area (Å²) in [5.74, 6) is 0.771. The summed E-state index contributed by atoms with van der Waals surface area (Å²) in [6.07, 6.45) is 1.57. The molecule has 4 aromatic rings. The minimum absolute atomic E-state index is 0.0109. The molecule has 2 aromatic heterocycles. The Labute approximate surface area is 207 Å². The second-order valence-corrected chi connectivity index (χ2v) is 10.3. The maximum Gasteiger partial charge on any atom is 0.221 e. The van der Waals surface area contributed by atoms with Crippen LogP contribution >= 0.6 is 23.1 Å². The van der Waals surface area contributed by atoms with Gasteiger partial charge < -0.3 is 9.88 Å². The largest absolute Gasteiger partial charge is 0.326 e. The lowest BCUT2D eigenvalue weighted by Crippen LogP contribution is -2.16. The van der Waals surface area contributed by atoms with Gasteiger partial charge in [0.2, 0.25) is 5.91 Å². The molecule has 2 aromatic carbocycles. The molecule has 34 heavy (non-hydrogen) atoms. The van der Waals surface area contributed by atoms with Crippen LogP contribution in [-0.2, 0) is 24.2 Å². The second-order valence-electron chi connectivity index (χ2n) is 7.93. The van der Waals surface area contributed by atoms with E-state index in [1.54, 1.807) is 35.6 Å². The van der Waals surface area contributed by atoms with Crippen LogP contribution in [0.1, 0.15) is 40.5 Å². The number of amides is 1. The number of aromatic nitrogens is 3. The Kier molecular flexibility index (Phi) is 7.92. The topological polar surface area (TPSA) is 76.9 Å². The van der Waals surface area contributed by atoms with Gasteiger partial charge in [0.25, 0.3) is 0 Å². The third-order valence-corrected chi connectivity index (χ3v) is 7.27. The van der Waals surface area contributed by atoms with E-state index >= 15 is 0 Å². The standard InChI is InChI=1S/C26H26N4O2S2/c1-18(25(32)21-10-12-22(13-11-21)27-19(2)31)34-26-29-28-24(17-23-9-6-16-33-23)30(26)15-14-20-7-4-3-5-8-20/h3-13,16,18H,14-15,17H2,1-2H3,(H,27,31). The van der Waals surface area contributed by atoms with Gasteiger partial charge in [0.15, 0.2) is 10.9 Å². The molecule has 1 atom stereocenters. The number of carbonyl (C=O) groups is 2. The van der Waals surface area contributed by atoms with Crippen LogP contribution in [0.25, 0.3) is 0 Å². The highest BCUT2D eigenvalue weighted by Gasteiger charge is 2.21. The Morgan fingerprint density at radius 1 is 1.03 bits per heavy atom. The van der Waals surface area contributed by atoms with Gasteiger partial charge in [-0.25, -0.2) is 0 Å². The van der Waals surface area contributed by atoms with Gasteiger partial charge in [-0.2, -0.15) is 0 Å². The van der Waals surface area contributed by atoms with Gasteiger partial charge in [-0.3, -0.25) is 9.59 Å². The van der Waals surface area contributed by atoms with Crippen molar-refractivity contribution in [1.29, 1.82) is 0 Å². The highest BCUT2D eigenvalue weighted by atomic mass is 32.2. The highest BCUT2D eigenvalue weighted by molar-refractivity contribution is 8.00. The molecular formula is C26H26N4O2S2. The van der Waals surface area contributed by atoms with Gasteiger partial charge in [-0.15, -0.1) is 21.5 Å². The van der Waals surface area contributed by atoms with Gasteiger partial charge in [0.05, 0.1) is 5.25 Å². The zero-order chi connectivity index (χ0) is 23.9.